The summed E-state index contributed by atoms with van der Waals surface area (Å²) in [6.07, 6.45) is 2.55. The molecule has 0 radical (unpaired) electrons. The van der Waals surface area contributed by atoms with Gasteiger partial charge in [0, 0.05) is 38.6 Å². The summed E-state index contributed by atoms with van der Waals surface area (Å²) in [5.41, 5.74) is 2.43. The van der Waals surface area contributed by atoms with E-state index in [1.54, 1.807) is 14.0 Å². The van der Waals surface area contributed by atoms with E-state index in [0.29, 0.717) is 13.2 Å². The maximum absolute atomic E-state index is 11.9. The van der Waals surface area contributed by atoms with E-state index in [2.05, 4.69) is 16.7 Å². The smallest absolute Gasteiger partial charge is 0.260 e. The van der Waals surface area contributed by atoms with Gasteiger partial charge in [0.2, 0.25) is 0 Å². The molecule has 1 aromatic carbocycles. The number of carbonyl (C=O) groups is 1. The van der Waals surface area contributed by atoms with E-state index in [1.165, 1.54) is 5.56 Å². The van der Waals surface area contributed by atoms with Crippen LogP contribution in [0.4, 0.5) is 5.69 Å². The molecule has 0 spiro atoms. The molecule has 1 aliphatic heterocycles. The van der Waals surface area contributed by atoms with Gasteiger partial charge in [-0.3, -0.25) is 4.79 Å². The summed E-state index contributed by atoms with van der Waals surface area (Å²) in [6.45, 7) is 4.00. The Hall–Kier alpha value is -1.75. The molecule has 116 valence electrons. The first-order chi connectivity index (χ1) is 10.2. The SMILES string of the molecule is COCCCNC(=O)C(C)Oc1ccc2c(c1)NCCC2. The second-order valence-electron chi connectivity index (χ2n) is 5.25. The van der Waals surface area contributed by atoms with Crippen molar-refractivity contribution in [3.05, 3.63) is 23.8 Å². The van der Waals surface area contributed by atoms with Crippen LogP contribution < -0.4 is 15.4 Å². The van der Waals surface area contributed by atoms with Gasteiger partial charge in [-0.05, 0) is 37.8 Å². The topological polar surface area (TPSA) is 59.6 Å². The van der Waals surface area contributed by atoms with Crippen LogP contribution >= 0.6 is 0 Å². The fourth-order valence-electron chi connectivity index (χ4n) is 2.34. The summed E-state index contributed by atoms with van der Waals surface area (Å²) < 4.78 is 10.7. The number of amides is 1. The zero-order valence-electron chi connectivity index (χ0n) is 12.8. The van der Waals surface area contributed by atoms with Gasteiger partial charge < -0.3 is 20.1 Å². The number of fused-ring (bicyclic) bond motifs is 1. The molecule has 1 aromatic rings. The van der Waals surface area contributed by atoms with Crippen molar-refractivity contribution < 1.29 is 14.3 Å². The Bertz CT molecular complexity index is 477. The first-order valence-corrected chi connectivity index (χ1v) is 7.51. The van der Waals surface area contributed by atoms with E-state index >= 15 is 0 Å². The van der Waals surface area contributed by atoms with E-state index in [0.717, 1.165) is 37.2 Å². The third kappa shape index (κ3) is 4.63. The largest absolute Gasteiger partial charge is 0.481 e. The molecule has 21 heavy (non-hydrogen) atoms. The molecule has 1 unspecified atom stereocenters. The minimum Gasteiger partial charge on any atom is -0.481 e. The van der Waals surface area contributed by atoms with Crippen molar-refractivity contribution in [3.8, 4) is 5.75 Å². The second kappa shape index (κ2) is 7.88. The van der Waals surface area contributed by atoms with Crippen molar-refractivity contribution in [2.45, 2.75) is 32.3 Å². The van der Waals surface area contributed by atoms with Gasteiger partial charge in [0.05, 0.1) is 0 Å². The van der Waals surface area contributed by atoms with Crippen molar-refractivity contribution in [2.24, 2.45) is 0 Å². The maximum Gasteiger partial charge on any atom is 0.260 e. The molecule has 0 fully saturated rings. The lowest BCUT2D eigenvalue weighted by Crippen LogP contribution is -2.37. The van der Waals surface area contributed by atoms with E-state index < -0.39 is 6.10 Å². The predicted octanol–water partition coefficient (Wildman–Crippen LogP) is 1.96. The highest BCUT2D eigenvalue weighted by Crippen LogP contribution is 2.27. The van der Waals surface area contributed by atoms with Gasteiger partial charge in [0.15, 0.2) is 6.10 Å². The minimum atomic E-state index is -0.505. The molecule has 2 rings (SSSR count). The molecule has 5 heteroatoms. The van der Waals surface area contributed by atoms with Crippen LogP contribution in [0, 0.1) is 0 Å². The number of nitrogens with one attached hydrogen (secondary N) is 2. The monoisotopic (exact) mass is 292 g/mol. The van der Waals surface area contributed by atoms with Gasteiger partial charge in [0.25, 0.3) is 5.91 Å². The summed E-state index contributed by atoms with van der Waals surface area (Å²) in [6, 6.07) is 5.98. The average Bonchev–Trinajstić information content (AvgIpc) is 2.51. The third-order valence-electron chi connectivity index (χ3n) is 3.53. The predicted molar refractivity (Wildman–Crippen MR) is 82.8 cm³/mol. The van der Waals surface area contributed by atoms with Gasteiger partial charge in [-0.15, -0.1) is 0 Å². The first-order valence-electron chi connectivity index (χ1n) is 7.51. The molecule has 0 bridgehead atoms. The Labute approximate surface area is 126 Å². The zero-order chi connectivity index (χ0) is 15.1. The lowest BCUT2D eigenvalue weighted by atomic mass is 10.0. The van der Waals surface area contributed by atoms with E-state index in [-0.39, 0.29) is 5.91 Å². The van der Waals surface area contributed by atoms with Crippen molar-refractivity contribution in [1.82, 2.24) is 5.32 Å². The van der Waals surface area contributed by atoms with Crippen molar-refractivity contribution >= 4 is 11.6 Å². The summed E-state index contributed by atoms with van der Waals surface area (Å²) in [4.78, 5) is 11.9. The van der Waals surface area contributed by atoms with Gasteiger partial charge in [-0.1, -0.05) is 6.07 Å². The van der Waals surface area contributed by atoms with Crippen molar-refractivity contribution in [2.75, 3.05) is 32.1 Å². The first kappa shape index (κ1) is 15.6. The fourth-order valence-corrected chi connectivity index (χ4v) is 2.34. The number of anilines is 1. The highest BCUT2D eigenvalue weighted by atomic mass is 16.5. The minimum absolute atomic E-state index is 0.100. The molecular weight excluding hydrogens is 268 g/mol. The maximum atomic E-state index is 11.9. The average molecular weight is 292 g/mol. The Balaban J connectivity index is 1.84. The van der Waals surface area contributed by atoms with Crippen LogP contribution in [0.1, 0.15) is 25.3 Å². The molecule has 5 nitrogen and oxygen atoms in total. The van der Waals surface area contributed by atoms with Gasteiger partial charge >= 0.3 is 0 Å². The van der Waals surface area contributed by atoms with Crippen LogP contribution in [-0.4, -0.2) is 38.8 Å². The number of ether oxygens (including phenoxy) is 2. The molecule has 1 aliphatic rings. The molecule has 1 amide bonds. The van der Waals surface area contributed by atoms with Gasteiger partial charge in [-0.2, -0.15) is 0 Å². The number of aryl methyl sites for hydroxylation is 1. The van der Waals surface area contributed by atoms with Crippen LogP contribution in [0.3, 0.4) is 0 Å². The third-order valence-corrected chi connectivity index (χ3v) is 3.53. The highest BCUT2D eigenvalue weighted by molar-refractivity contribution is 5.80. The van der Waals surface area contributed by atoms with Crippen LogP contribution in [0.25, 0.3) is 0 Å². The Kier molecular flexibility index (Phi) is 5.87. The van der Waals surface area contributed by atoms with E-state index in [1.807, 2.05) is 12.1 Å². The standard InChI is InChI=1S/C16H24N2O3/c1-12(16(19)18-9-4-10-20-2)21-14-7-6-13-5-3-8-17-15(13)11-14/h6-7,11-12,17H,3-5,8-10H2,1-2H3,(H,18,19). The highest BCUT2D eigenvalue weighted by Gasteiger charge is 2.15. The molecule has 0 aliphatic carbocycles. The van der Waals surface area contributed by atoms with Crippen LogP contribution in [0.15, 0.2) is 18.2 Å². The van der Waals surface area contributed by atoms with E-state index in [4.69, 9.17) is 9.47 Å². The molecule has 0 aromatic heterocycles. The lowest BCUT2D eigenvalue weighted by Gasteiger charge is -2.20. The molecule has 2 N–H and O–H groups in total. The number of carbonyl (C=O) groups excluding carboxylic acids is 1. The summed E-state index contributed by atoms with van der Waals surface area (Å²) in [7, 11) is 1.65. The van der Waals surface area contributed by atoms with Crippen LogP contribution in [0.5, 0.6) is 5.75 Å². The molecular formula is C16H24N2O3. The molecule has 0 saturated heterocycles. The second-order valence-corrected chi connectivity index (χ2v) is 5.25. The van der Waals surface area contributed by atoms with Gasteiger partial charge in [0.1, 0.15) is 5.75 Å². The number of hydrogen-bond donors (Lipinski definition) is 2. The Morgan fingerprint density at radius 3 is 3.14 bits per heavy atom. The summed E-state index contributed by atoms with van der Waals surface area (Å²) in [5, 5.41) is 6.20. The Morgan fingerprint density at radius 1 is 1.48 bits per heavy atom. The number of methoxy groups -OCH3 is 1. The van der Waals surface area contributed by atoms with Gasteiger partial charge in [-0.25, -0.2) is 0 Å². The quantitative estimate of drug-likeness (QED) is 0.754. The summed E-state index contributed by atoms with van der Waals surface area (Å²) >= 11 is 0. The molecule has 0 saturated carbocycles. The Morgan fingerprint density at radius 2 is 2.33 bits per heavy atom. The number of hydrogen-bond acceptors (Lipinski definition) is 4. The number of rotatable bonds is 7. The fraction of sp³-hybridized carbons (Fsp3) is 0.562. The number of benzene rings is 1. The molecule has 1 atom stereocenters. The summed E-state index contributed by atoms with van der Waals surface area (Å²) in [5.74, 6) is 0.625. The normalized spacial score (nSPS) is 14.8. The molecule has 1 heterocycles. The zero-order valence-corrected chi connectivity index (χ0v) is 12.8. The van der Waals surface area contributed by atoms with Crippen LogP contribution in [0.2, 0.25) is 0 Å². The van der Waals surface area contributed by atoms with E-state index in [9.17, 15) is 4.79 Å². The van der Waals surface area contributed by atoms with Crippen molar-refractivity contribution in [1.29, 1.82) is 0 Å². The van der Waals surface area contributed by atoms with Crippen LogP contribution in [-0.2, 0) is 16.0 Å². The van der Waals surface area contributed by atoms with Crippen molar-refractivity contribution in [3.63, 3.8) is 0 Å². The lowest BCUT2D eigenvalue weighted by molar-refractivity contribution is -0.127.